The third-order valence-corrected chi connectivity index (χ3v) is 5.54. The van der Waals surface area contributed by atoms with E-state index in [1.165, 1.54) is 11.3 Å². The molecule has 2 aromatic carbocycles. The van der Waals surface area contributed by atoms with Crippen LogP contribution in [0.3, 0.4) is 0 Å². The van der Waals surface area contributed by atoms with Crippen molar-refractivity contribution < 1.29 is 9.53 Å². The standard InChI is InChI=1S/C18H16ClN3O2S2/c1-24-13-8-6-12(7-9-13)22-16(20)15(26-18(22)25)17(23)21-10-11-4-2-3-5-14(11)19/h2-9H,10,20H2,1H3,(H,21,23). The Morgan fingerprint density at radius 2 is 1.96 bits per heavy atom. The molecule has 0 spiro atoms. The average molecular weight is 406 g/mol. The highest BCUT2D eigenvalue weighted by Crippen LogP contribution is 2.27. The summed E-state index contributed by atoms with van der Waals surface area (Å²) in [6.07, 6.45) is 0. The maximum Gasteiger partial charge on any atom is 0.265 e. The quantitative estimate of drug-likeness (QED) is 0.615. The zero-order valence-electron chi connectivity index (χ0n) is 13.9. The van der Waals surface area contributed by atoms with Gasteiger partial charge in [0.15, 0.2) is 3.95 Å². The molecule has 1 heterocycles. The largest absolute Gasteiger partial charge is 0.497 e. The third-order valence-electron chi connectivity index (χ3n) is 3.78. The van der Waals surface area contributed by atoms with Gasteiger partial charge in [-0.2, -0.15) is 0 Å². The maximum absolute atomic E-state index is 12.5. The molecule has 0 saturated heterocycles. The molecule has 0 unspecified atom stereocenters. The number of carbonyl (C=O) groups is 1. The number of hydrogen-bond acceptors (Lipinski definition) is 5. The van der Waals surface area contributed by atoms with Crippen molar-refractivity contribution in [2.75, 3.05) is 12.8 Å². The highest BCUT2D eigenvalue weighted by atomic mass is 35.5. The molecule has 1 amide bonds. The number of nitrogen functional groups attached to an aromatic ring is 1. The van der Waals surface area contributed by atoms with Gasteiger partial charge in [-0.1, -0.05) is 41.1 Å². The number of aromatic nitrogens is 1. The number of nitrogens with one attached hydrogen (secondary N) is 1. The molecule has 8 heteroatoms. The lowest BCUT2D eigenvalue weighted by Crippen LogP contribution is -2.23. The van der Waals surface area contributed by atoms with Gasteiger partial charge >= 0.3 is 0 Å². The molecule has 3 aromatic rings. The monoisotopic (exact) mass is 405 g/mol. The smallest absolute Gasteiger partial charge is 0.265 e. The summed E-state index contributed by atoms with van der Waals surface area (Å²) in [6, 6.07) is 14.6. The van der Waals surface area contributed by atoms with Crippen LogP contribution in [0.25, 0.3) is 5.69 Å². The molecule has 3 N–H and O–H groups in total. The number of methoxy groups -OCH3 is 1. The summed E-state index contributed by atoms with van der Waals surface area (Å²) in [6.45, 7) is 0.311. The van der Waals surface area contributed by atoms with Gasteiger partial charge < -0.3 is 15.8 Å². The molecule has 0 aliphatic carbocycles. The van der Waals surface area contributed by atoms with Crippen LogP contribution >= 0.6 is 35.2 Å². The minimum atomic E-state index is -0.286. The van der Waals surface area contributed by atoms with Crippen molar-refractivity contribution in [2.24, 2.45) is 0 Å². The van der Waals surface area contributed by atoms with Gasteiger partial charge in [0.25, 0.3) is 5.91 Å². The summed E-state index contributed by atoms with van der Waals surface area (Å²) in [5, 5.41) is 3.44. The Morgan fingerprint density at radius 1 is 1.27 bits per heavy atom. The van der Waals surface area contributed by atoms with Crippen molar-refractivity contribution >= 4 is 46.9 Å². The molecule has 3 rings (SSSR count). The molecule has 0 fully saturated rings. The van der Waals surface area contributed by atoms with Crippen molar-refractivity contribution in [1.82, 2.24) is 9.88 Å². The van der Waals surface area contributed by atoms with Crippen molar-refractivity contribution in [1.29, 1.82) is 0 Å². The van der Waals surface area contributed by atoms with E-state index in [0.717, 1.165) is 17.0 Å². The topological polar surface area (TPSA) is 69.3 Å². The Kier molecular flexibility index (Phi) is 5.61. The van der Waals surface area contributed by atoms with Gasteiger partial charge in [-0.05, 0) is 48.1 Å². The van der Waals surface area contributed by atoms with E-state index in [2.05, 4.69) is 5.32 Å². The molecule has 0 radical (unpaired) electrons. The molecule has 5 nitrogen and oxygen atoms in total. The second-order valence-electron chi connectivity index (χ2n) is 5.39. The molecule has 1 aromatic heterocycles. The zero-order valence-corrected chi connectivity index (χ0v) is 16.3. The Labute approximate surface area is 165 Å². The van der Waals surface area contributed by atoms with Gasteiger partial charge in [-0.3, -0.25) is 9.36 Å². The molecule has 0 saturated carbocycles. The zero-order chi connectivity index (χ0) is 18.7. The van der Waals surface area contributed by atoms with E-state index in [4.69, 9.17) is 34.3 Å². The molecule has 0 bridgehead atoms. The van der Waals surface area contributed by atoms with Crippen LogP contribution in [0.2, 0.25) is 5.02 Å². The van der Waals surface area contributed by atoms with E-state index in [-0.39, 0.29) is 5.91 Å². The molecule has 26 heavy (non-hydrogen) atoms. The van der Waals surface area contributed by atoms with E-state index in [0.29, 0.717) is 26.2 Å². The first-order chi connectivity index (χ1) is 12.5. The fourth-order valence-electron chi connectivity index (χ4n) is 2.42. The van der Waals surface area contributed by atoms with Crippen LogP contribution in [-0.2, 0) is 6.54 Å². The van der Waals surface area contributed by atoms with Gasteiger partial charge in [-0.15, -0.1) is 0 Å². The minimum Gasteiger partial charge on any atom is -0.497 e. The summed E-state index contributed by atoms with van der Waals surface area (Å²) in [7, 11) is 1.60. The van der Waals surface area contributed by atoms with E-state index in [9.17, 15) is 4.79 Å². The number of benzene rings is 2. The van der Waals surface area contributed by atoms with Gasteiger partial charge in [0, 0.05) is 17.3 Å². The predicted molar refractivity (Wildman–Crippen MR) is 108 cm³/mol. The molecular weight excluding hydrogens is 390 g/mol. The van der Waals surface area contributed by atoms with Crippen LogP contribution in [0.5, 0.6) is 5.75 Å². The first kappa shape index (κ1) is 18.4. The van der Waals surface area contributed by atoms with E-state index >= 15 is 0 Å². The lowest BCUT2D eigenvalue weighted by Gasteiger charge is -2.08. The summed E-state index contributed by atoms with van der Waals surface area (Å²) in [5.41, 5.74) is 7.80. The van der Waals surface area contributed by atoms with Gasteiger partial charge in [0.2, 0.25) is 0 Å². The normalized spacial score (nSPS) is 10.5. The summed E-state index contributed by atoms with van der Waals surface area (Å²) >= 11 is 12.7. The number of nitrogens with zero attached hydrogens (tertiary/aromatic N) is 1. The summed E-state index contributed by atoms with van der Waals surface area (Å²) in [4.78, 5) is 12.9. The number of thiazole rings is 1. The number of amides is 1. The highest BCUT2D eigenvalue weighted by Gasteiger charge is 2.18. The van der Waals surface area contributed by atoms with E-state index in [1.54, 1.807) is 17.7 Å². The number of anilines is 1. The molecule has 0 atom stereocenters. The first-order valence-electron chi connectivity index (χ1n) is 7.68. The second-order valence-corrected chi connectivity index (χ2v) is 7.44. The lowest BCUT2D eigenvalue weighted by atomic mass is 10.2. The molecule has 0 aliphatic rings. The molecular formula is C18H16ClN3O2S2. The maximum atomic E-state index is 12.5. The van der Waals surface area contributed by atoms with E-state index < -0.39 is 0 Å². The van der Waals surface area contributed by atoms with Crippen LogP contribution in [0.4, 0.5) is 5.82 Å². The van der Waals surface area contributed by atoms with Crippen molar-refractivity contribution in [3.8, 4) is 11.4 Å². The number of nitrogens with two attached hydrogens (primary N) is 1. The van der Waals surface area contributed by atoms with Crippen LogP contribution in [0, 0.1) is 3.95 Å². The average Bonchev–Trinajstić information content (AvgIpc) is 2.95. The van der Waals surface area contributed by atoms with Gasteiger partial charge in [0.05, 0.1) is 7.11 Å². The van der Waals surface area contributed by atoms with Gasteiger partial charge in [0.1, 0.15) is 16.4 Å². The second kappa shape index (κ2) is 7.90. The van der Waals surface area contributed by atoms with Crippen LogP contribution in [0.1, 0.15) is 15.2 Å². The summed E-state index contributed by atoms with van der Waals surface area (Å²) in [5.74, 6) is 0.749. The SMILES string of the molecule is COc1ccc(-n2c(N)c(C(=O)NCc3ccccc3Cl)sc2=S)cc1. The number of halogens is 1. The lowest BCUT2D eigenvalue weighted by molar-refractivity contribution is 0.0955. The van der Waals surface area contributed by atoms with Crippen LogP contribution in [-0.4, -0.2) is 17.6 Å². The van der Waals surface area contributed by atoms with Crippen molar-refractivity contribution in [3.63, 3.8) is 0 Å². The molecule has 134 valence electrons. The number of carbonyl (C=O) groups excluding carboxylic acids is 1. The number of rotatable bonds is 5. The first-order valence-corrected chi connectivity index (χ1v) is 9.29. The van der Waals surface area contributed by atoms with Gasteiger partial charge in [-0.25, -0.2) is 0 Å². The Balaban J connectivity index is 1.83. The Hall–Kier alpha value is -2.35. The van der Waals surface area contributed by atoms with Crippen molar-refractivity contribution in [2.45, 2.75) is 6.54 Å². The fraction of sp³-hybridized carbons (Fsp3) is 0.111. The third kappa shape index (κ3) is 3.75. The van der Waals surface area contributed by atoms with Crippen molar-refractivity contribution in [3.05, 3.63) is 67.9 Å². The highest BCUT2D eigenvalue weighted by molar-refractivity contribution is 7.73. The minimum absolute atomic E-state index is 0.286. The number of hydrogen-bond donors (Lipinski definition) is 2. The predicted octanol–water partition coefficient (Wildman–Crippen LogP) is 4.44. The van der Waals surface area contributed by atoms with Crippen LogP contribution in [0.15, 0.2) is 48.5 Å². The molecule has 0 aliphatic heterocycles. The Bertz CT molecular complexity index is 996. The number of ether oxygens (including phenoxy) is 1. The summed E-state index contributed by atoms with van der Waals surface area (Å²) < 4.78 is 7.32. The fourth-order valence-corrected chi connectivity index (χ4v) is 3.91. The Morgan fingerprint density at radius 3 is 2.62 bits per heavy atom. The van der Waals surface area contributed by atoms with E-state index in [1.807, 2.05) is 42.5 Å². The van der Waals surface area contributed by atoms with Crippen LogP contribution < -0.4 is 15.8 Å².